The Labute approximate surface area is 169 Å². The topological polar surface area (TPSA) is 128 Å². The van der Waals surface area contributed by atoms with E-state index in [9.17, 15) is 24.6 Å². The summed E-state index contributed by atoms with van der Waals surface area (Å²) in [6.45, 7) is 4.59. The highest BCUT2D eigenvalue weighted by molar-refractivity contribution is 5.81. The lowest BCUT2D eigenvalue weighted by molar-refractivity contribution is -0.147. The van der Waals surface area contributed by atoms with Crippen LogP contribution in [0.15, 0.2) is 12.1 Å². The number of likely N-dealkylation sites (N-methyl/N-ethyl adjacent to an activating group) is 2. The van der Waals surface area contributed by atoms with Crippen molar-refractivity contribution in [2.45, 2.75) is 12.8 Å². The molecule has 0 radical (unpaired) electrons. The number of nitrogens with one attached hydrogen (secondary N) is 1. The fraction of sp³-hybridized carbons (Fsp3) is 0.611. The average Bonchev–Trinajstić information content (AvgIpc) is 2.99. The SMILES string of the molecule is CN1CC[15N]([13CH2]C(=O)[15NH][13CH2]CN(C)[13C](=O)[13CH2][13CH2][13C](=O)On2c(O)ccc2O)CC1. The lowest BCUT2D eigenvalue weighted by Crippen LogP contribution is -2.48. The Morgan fingerprint density at radius 1 is 1.10 bits per heavy atom. The monoisotopic (exact) mass is 419 g/mol. The van der Waals surface area contributed by atoms with Crippen LogP contribution in [0.25, 0.3) is 0 Å². The number of nitrogens with zero attached hydrogens (tertiary/aromatic N) is 4. The molecule has 1 fully saturated rings. The highest BCUT2D eigenvalue weighted by atomic mass is 16.8. The van der Waals surface area contributed by atoms with Crippen molar-refractivity contribution in [1.82, 2.24) is 24.7 Å². The third kappa shape index (κ3) is 7.27. The lowest BCUT2D eigenvalue weighted by Gasteiger charge is -2.31. The van der Waals surface area contributed by atoms with Crippen molar-refractivity contribution in [3.63, 3.8) is 0 Å². The van der Waals surface area contributed by atoms with E-state index in [-0.39, 0.29) is 24.7 Å². The summed E-state index contributed by atoms with van der Waals surface area (Å²) in [4.78, 5) is 46.4. The summed E-state index contributed by atoms with van der Waals surface area (Å²) in [5.74, 6) is -1.98. The van der Waals surface area contributed by atoms with E-state index in [0.29, 0.717) is 24.4 Å². The van der Waals surface area contributed by atoms with Crippen molar-refractivity contribution in [3.05, 3.63) is 12.1 Å². The number of aromatic nitrogens is 1. The van der Waals surface area contributed by atoms with Crippen LogP contribution in [0.1, 0.15) is 12.8 Å². The zero-order valence-corrected chi connectivity index (χ0v) is 16.8. The number of piperazine rings is 1. The molecule has 11 nitrogen and oxygen atoms in total. The second-order valence-corrected chi connectivity index (χ2v) is 7.05. The maximum absolute atomic E-state index is 12.1. The summed E-state index contributed by atoms with van der Waals surface area (Å²) in [5.41, 5.74) is 0. The van der Waals surface area contributed by atoms with Crippen LogP contribution in [0.2, 0.25) is 0 Å². The van der Waals surface area contributed by atoms with Crippen molar-refractivity contribution < 1.29 is 29.4 Å². The number of amides is 2. The summed E-state index contributed by atoms with van der Waals surface area (Å²) in [5, 5.41) is 21.6. The van der Waals surface area contributed by atoms with Gasteiger partial charge < -0.3 is 30.2 Å². The molecule has 162 valence electrons. The largest absolute Gasteiger partial charge is 0.492 e. The number of aromatic hydroxyl groups is 2. The molecule has 0 aliphatic carbocycles. The molecule has 1 aromatic heterocycles. The Bertz CT molecular complexity index is 694. The van der Waals surface area contributed by atoms with Crippen LogP contribution in [-0.2, 0) is 14.4 Å². The molecule has 3 N–H and O–H groups in total. The Balaban J connectivity index is 1.60. The molecule has 0 bridgehead atoms. The first-order valence-electron chi connectivity index (χ1n) is 9.48. The van der Waals surface area contributed by atoms with Gasteiger partial charge >= 0.3 is 5.97 Å². The van der Waals surface area contributed by atoms with E-state index >= 15 is 0 Å². The minimum atomic E-state index is -0.769. The third-order valence-electron chi connectivity index (χ3n) is 4.69. The van der Waals surface area contributed by atoms with Gasteiger partial charge in [0.2, 0.25) is 23.6 Å². The number of hydrogen-bond acceptors (Lipinski definition) is 8. The van der Waals surface area contributed by atoms with E-state index in [1.165, 1.54) is 17.0 Å². The summed E-state index contributed by atoms with van der Waals surface area (Å²) < 4.78 is 0.576. The third-order valence-corrected chi connectivity index (χ3v) is 4.69. The van der Waals surface area contributed by atoms with Crippen molar-refractivity contribution in [1.29, 1.82) is 0 Å². The molecule has 2 amide bonds. The van der Waals surface area contributed by atoms with Gasteiger partial charge in [0, 0.05) is 64.9 Å². The predicted octanol–water partition coefficient (Wildman–Crippen LogP) is -1.54. The zero-order valence-electron chi connectivity index (χ0n) is 16.8. The molecular weight excluding hydrogens is 390 g/mol. The number of rotatable bonds is 9. The normalized spacial score (nSPS) is 15.1. The van der Waals surface area contributed by atoms with Gasteiger partial charge in [-0.3, -0.25) is 14.5 Å². The van der Waals surface area contributed by atoms with Gasteiger partial charge in [0.25, 0.3) is 0 Å². The molecule has 0 aromatic carbocycles. The molecule has 1 aliphatic rings. The van der Waals surface area contributed by atoms with Gasteiger partial charge in [0.05, 0.1) is 13.0 Å². The molecule has 0 unspecified atom stereocenters. The van der Waals surface area contributed by atoms with Gasteiger partial charge in [0.1, 0.15) is 0 Å². The first-order valence-corrected chi connectivity index (χ1v) is 9.48. The molecule has 2 rings (SSSR count). The van der Waals surface area contributed by atoms with Gasteiger partial charge in [0.15, 0.2) is 0 Å². The highest BCUT2D eigenvalue weighted by Crippen LogP contribution is 2.18. The van der Waals surface area contributed by atoms with Crippen LogP contribution in [-0.4, -0.2) is 107 Å². The highest BCUT2D eigenvalue weighted by Gasteiger charge is 2.18. The summed E-state index contributed by atoms with van der Waals surface area (Å²) in [6, 6.07) is 2.33. The molecule has 0 saturated carbocycles. The maximum Gasteiger partial charge on any atom is 0.333 e. The fourth-order valence-corrected chi connectivity index (χ4v) is 2.80. The van der Waals surface area contributed by atoms with E-state index in [4.69, 9.17) is 4.84 Å². The number of carbonyl (C=O) groups excluding carboxylic acids is 3. The first kappa shape index (κ1) is 22.5. The average molecular weight is 419 g/mol. The van der Waals surface area contributed by atoms with E-state index in [2.05, 4.69) is 22.2 Å². The van der Waals surface area contributed by atoms with Gasteiger partial charge in [-0.05, 0) is 7.05 Å². The smallest absolute Gasteiger partial charge is 0.333 e. The first-order chi connectivity index (χ1) is 13.8. The maximum atomic E-state index is 12.1. The molecule has 0 atom stereocenters. The van der Waals surface area contributed by atoms with E-state index in [1.807, 2.05) is 0 Å². The van der Waals surface area contributed by atoms with Gasteiger partial charge in [-0.15, -0.1) is 4.73 Å². The van der Waals surface area contributed by atoms with E-state index in [0.717, 1.165) is 26.2 Å². The minimum absolute atomic E-state index is 0.0784. The Morgan fingerprint density at radius 2 is 1.72 bits per heavy atom. The molecule has 2 heterocycles. The van der Waals surface area contributed by atoms with Crippen LogP contribution in [0.5, 0.6) is 11.8 Å². The quantitative estimate of drug-likeness (QED) is 0.325. The van der Waals surface area contributed by atoms with Crippen LogP contribution >= 0.6 is 0 Å². The fourth-order valence-electron chi connectivity index (χ4n) is 2.80. The molecule has 0 spiro atoms. The van der Waals surface area contributed by atoms with Crippen molar-refractivity contribution in [2.24, 2.45) is 0 Å². The second-order valence-electron chi connectivity index (χ2n) is 7.05. The molecule has 1 saturated heterocycles. The molecular formula is C18H29N5O6. The van der Waals surface area contributed by atoms with Crippen LogP contribution in [0, 0.1) is 0 Å². The number of carbonyl (C=O) groups is 3. The summed E-state index contributed by atoms with van der Waals surface area (Å²) in [6.07, 6.45) is -0.302. The molecule has 11 heteroatoms. The van der Waals surface area contributed by atoms with Crippen molar-refractivity contribution in [2.75, 3.05) is 59.9 Å². The van der Waals surface area contributed by atoms with Gasteiger partial charge in [-0.1, -0.05) is 0 Å². The Kier molecular flexibility index (Phi) is 8.28. The van der Waals surface area contributed by atoms with Gasteiger partial charge in [-0.2, -0.15) is 0 Å². The molecule has 29 heavy (non-hydrogen) atoms. The Hall–Kier alpha value is -2.79. The van der Waals surface area contributed by atoms with E-state index in [1.54, 1.807) is 7.05 Å². The minimum Gasteiger partial charge on any atom is -0.492 e. The molecule has 1 aromatic rings. The van der Waals surface area contributed by atoms with Crippen molar-refractivity contribution in [3.8, 4) is 11.8 Å². The predicted molar refractivity (Wildman–Crippen MR) is 103 cm³/mol. The molecule has 1 aliphatic heterocycles. The summed E-state index contributed by atoms with van der Waals surface area (Å²) >= 11 is 0. The van der Waals surface area contributed by atoms with Gasteiger partial charge in [-0.25, -0.2) is 4.79 Å². The zero-order chi connectivity index (χ0) is 21.4. The number of hydrogen-bond donors (Lipinski definition) is 3. The lowest BCUT2D eigenvalue weighted by atomic mass is 10.4. The second kappa shape index (κ2) is 10.7. The standard InChI is InChI=1S/C18H29N5O6/c1-20-9-11-22(12-10-20)13-14(24)19-7-8-21(2)15(25)5-6-18(28)29-23-16(26)3-4-17(23)27/h3-4,26-27H,5-13H2,1-2H3,(H,19,24)/i5+1,6+1,7+1,13+1,15+1,18+1,19+1,22+1. The summed E-state index contributed by atoms with van der Waals surface area (Å²) in [7, 11) is 3.64. The van der Waals surface area contributed by atoms with Crippen LogP contribution in [0.3, 0.4) is 0 Å². The van der Waals surface area contributed by atoms with E-state index < -0.39 is 17.7 Å². The van der Waals surface area contributed by atoms with Crippen LogP contribution in [0.4, 0.5) is 0 Å². The van der Waals surface area contributed by atoms with Crippen molar-refractivity contribution >= 4 is 17.8 Å². The van der Waals surface area contributed by atoms with Crippen LogP contribution < -0.4 is 10.2 Å². The Morgan fingerprint density at radius 3 is 2.34 bits per heavy atom.